The van der Waals surface area contributed by atoms with Crippen molar-refractivity contribution in [2.75, 3.05) is 11.9 Å². The Bertz CT molecular complexity index is 1300. The van der Waals surface area contributed by atoms with Crippen molar-refractivity contribution >= 4 is 27.4 Å². The molecule has 0 atom stereocenters. The topological polar surface area (TPSA) is 127 Å². The minimum absolute atomic E-state index is 0.135. The maximum absolute atomic E-state index is 12.5. The fraction of sp³-hybridized carbons (Fsp3) is 0.150. The van der Waals surface area contributed by atoms with E-state index in [9.17, 15) is 31.6 Å². The molecule has 9 nitrogen and oxygen atoms in total. The van der Waals surface area contributed by atoms with Gasteiger partial charge in [-0.15, -0.1) is 0 Å². The van der Waals surface area contributed by atoms with E-state index in [0.717, 1.165) is 24.3 Å². The number of nitrogens with zero attached hydrogens (tertiary/aromatic N) is 1. The van der Waals surface area contributed by atoms with Crippen LogP contribution in [-0.2, 0) is 19.4 Å². The Labute approximate surface area is 180 Å². The van der Waals surface area contributed by atoms with E-state index >= 15 is 0 Å². The lowest BCUT2D eigenvalue weighted by Crippen LogP contribution is -2.21. The first-order valence-electron chi connectivity index (χ1n) is 9.06. The Hall–Kier alpha value is -3.80. The van der Waals surface area contributed by atoms with Crippen molar-refractivity contribution in [3.05, 3.63) is 76.5 Å². The maximum atomic E-state index is 12.5. The SMILES string of the molecule is Cc1c[nH]c(=O)n1-c1ccc(C(=O)OCC(=O)Nc2ccc(S(=O)(=O)C(F)F)cc2)cc1. The smallest absolute Gasteiger partial charge is 0.341 e. The Kier molecular flexibility index (Phi) is 6.53. The molecule has 0 aliphatic heterocycles. The van der Waals surface area contributed by atoms with Crippen molar-refractivity contribution < 1.29 is 31.5 Å². The lowest BCUT2D eigenvalue weighted by molar-refractivity contribution is -0.119. The third kappa shape index (κ3) is 4.91. The second kappa shape index (κ2) is 9.14. The Balaban J connectivity index is 1.57. The first-order valence-corrected chi connectivity index (χ1v) is 10.6. The summed E-state index contributed by atoms with van der Waals surface area (Å²) >= 11 is 0. The van der Waals surface area contributed by atoms with Gasteiger partial charge in [-0.3, -0.25) is 9.36 Å². The standard InChI is InChI=1S/C20H17F2N3O6S/c1-12-10-23-20(28)25(12)15-6-2-13(3-7-15)18(27)31-11-17(26)24-14-4-8-16(9-5-14)32(29,30)19(21)22/h2-10,19H,11H2,1H3,(H,23,28)(H,24,26). The summed E-state index contributed by atoms with van der Waals surface area (Å²) < 4.78 is 54.2. The molecule has 1 amide bonds. The van der Waals surface area contributed by atoms with Crippen LogP contribution in [0.5, 0.6) is 0 Å². The van der Waals surface area contributed by atoms with Gasteiger partial charge in [0.1, 0.15) is 0 Å². The van der Waals surface area contributed by atoms with Crippen LogP contribution in [0.3, 0.4) is 0 Å². The zero-order chi connectivity index (χ0) is 23.5. The number of amides is 1. The molecule has 12 heteroatoms. The number of esters is 1. The summed E-state index contributed by atoms with van der Waals surface area (Å²) in [5.74, 6) is -5.04. The Morgan fingerprint density at radius 3 is 2.25 bits per heavy atom. The number of carbonyl (C=O) groups is 2. The number of H-pyrrole nitrogens is 1. The van der Waals surface area contributed by atoms with Crippen molar-refractivity contribution in [1.82, 2.24) is 9.55 Å². The number of carbonyl (C=O) groups excluding carboxylic acids is 2. The first-order chi connectivity index (χ1) is 15.1. The number of sulfone groups is 1. The number of imidazole rings is 1. The van der Waals surface area contributed by atoms with Crippen LogP contribution in [0.2, 0.25) is 0 Å². The van der Waals surface area contributed by atoms with E-state index in [-0.39, 0.29) is 16.9 Å². The second-order valence-electron chi connectivity index (χ2n) is 6.57. The van der Waals surface area contributed by atoms with Gasteiger partial charge >= 0.3 is 17.4 Å². The number of rotatable bonds is 7. The number of aromatic amines is 1. The van der Waals surface area contributed by atoms with E-state index < -0.39 is 39.0 Å². The lowest BCUT2D eigenvalue weighted by atomic mass is 10.2. The van der Waals surface area contributed by atoms with Crippen molar-refractivity contribution in [2.24, 2.45) is 0 Å². The van der Waals surface area contributed by atoms with Crippen LogP contribution in [0.25, 0.3) is 5.69 Å². The molecular weight excluding hydrogens is 448 g/mol. The lowest BCUT2D eigenvalue weighted by Gasteiger charge is -2.09. The molecule has 2 aromatic carbocycles. The van der Waals surface area contributed by atoms with Crippen molar-refractivity contribution in [3.63, 3.8) is 0 Å². The molecule has 0 aliphatic carbocycles. The van der Waals surface area contributed by atoms with Gasteiger partial charge in [-0.2, -0.15) is 8.78 Å². The molecule has 3 aromatic rings. The Morgan fingerprint density at radius 2 is 1.72 bits per heavy atom. The zero-order valence-electron chi connectivity index (χ0n) is 16.5. The number of hydrogen-bond acceptors (Lipinski definition) is 6. The summed E-state index contributed by atoms with van der Waals surface area (Å²) in [5, 5.41) is 2.36. The van der Waals surface area contributed by atoms with Crippen LogP contribution < -0.4 is 11.0 Å². The highest BCUT2D eigenvalue weighted by Gasteiger charge is 2.26. The molecule has 0 spiro atoms. The summed E-state index contributed by atoms with van der Waals surface area (Å²) in [6, 6.07) is 10.1. The van der Waals surface area contributed by atoms with E-state index in [0.29, 0.717) is 11.4 Å². The summed E-state index contributed by atoms with van der Waals surface area (Å²) in [4.78, 5) is 37.8. The van der Waals surface area contributed by atoms with Gasteiger partial charge in [0.2, 0.25) is 9.84 Å². The summed E-state index contributed by atoms with van der Waals surface area (Å²) in [6.07, 6.45) is 1.55. The fourth-order valence-electron chi connectivity index (χ4n) is 2.77. The highest BCUT2D eigenvalue weighted by molar-refractivity contribution is 7.91. The monoisotopic (exact) mass is 465 g/mol. The summed E-state index contributed by atoms with van der Waals surface area (Å²) in [7, 11) is -4.73. The quantitative estimate of drug-likeness (QED) is 0.516. The number of alkyl halides is 2. The number of anilines is 1. The largest absolute Gasteiger partial charge is 0.452 e. The maximum Gasteiger partial charge on any atom is 0.341 e. The minimum Gasteiger partial charge on any atom is -0.452 e. The number of aryl methyl sites for hydroxylation is 1. The van der Waals surface area contributed by atoms with E-state index in [4.69, 9.17) is 4.74 Å². The molecule has 0 saturated heterocycles. The molecule has 1 heterocycles. The van der Waals surface area contributed by atoms with Crippen LogP contribution in [-0.4, -0.2) is 42.2 Å². The van der Waals surface area contributed by atoms with Crippen molar-refractivity contribution in [1.29, 1.82) is 0 Å². The average Bonchev–Trinajstić information content (AvgIpc) is 3.10. The fourth-order valence-corrected chi connectivity index (χ4v) is 3.49. The molecule has 32 heavy (non-hydrogen) atoms. The molecule has 168 valence electrons. The van der Waals surface area contributed by atoms with Gasteiger partial charge < -0.3 is 15.0 Å². The van der Waals surface area contributed by atoms with Crippen LogP contribution >= 0.6 is 0 Å². The second-order valence-corrected chi connectivity index (χ2v) is 8.49. The number of nitrogens with one attached hydrogen (secondary N) is 2. The van der Waals surface area contributed by atoms with E-state index in [2.05, 4.69) is 10.3 Å². The third-order valence-electron chi connectivity index (χ3n) is 4.36. The number of halogens is 2. The average molecular weight is 465 g/mol. The van der Waals surface area contributed by atoms with Crippen molar-refractivity contribution in [3.8, 4) is 5.69 Å². The van der Waals surface area contributed by atoms with E-state index in [1.54, 1.807) is 25.3 Å². The molecular formula is C20H17F2N3O6S. The van der Waals surface area contributed by atoms with Crippen LogP contribution in [0.1, 0.15) is 16.1 Å². The van der Waals surface area contributed by atoms with E-state index in [1.807, 2.05) is 0 Å². The van der Waals surface area contributed by atoms with Crippen molar-refractivity contribution in [2.45, 2.75) is 17.6 Å². The highest BCUT2D eigenvalue weighted by Crippen LogP contribution is 2.20. The van der Waals surface area contributed by atoms with Gasteiger partial charge in [0.15, 0.2) is 6.61 Å². The van der Waals surface area contributed by atoms with Gasteiger partial charge in [-0.05, 0) is 55.5 Å². The third-order valence-corrected chi connectivity index (χ3v) is 5.76. The molecule has 0 unspecified atom stereocenters. The van der Waals surface area contributed by atoms with Gasteiger partial charge in [-0.1, -0.05) is 0 Å². The van der Waals surface area contributed by atoms with Gasteiger partial charge in [-0.25, -0.2) is 18.0 Å². The molecule has 0 saturated carbocycles. The van der Waals surface area contributed by atoms with Crippen LogP contribution in [0.4, 0.5) is 14.5 Å². The number of hydrogen-bond donors (Lipinski definition) is 2. The predicted molar refractivity (Wildman–Crippen MR) is 110 cm³/mol. The highest BCUT2D eigenvalue weighted by atomic mass is 32.2. The molecule has 0 aliphatic rings. The number of benzene rings is 2. The molecule has 0 fully saturated rings. The zero-order valence-corrected chi connectivity index (χ0v) is 17.4. The van der Waals surface area contributed by atoms with Crippen LogP contribution in [0.15, 0.2) is 64.4 Å². The van der Waals surface area contributed by atoms with Crippen LogP contribution in [0, 0.1) is 6.92 Å². The molecule has 2 N–H and O–H groups in total. The molecule has 0 bridgehead atoms. The van der Waals surface area contributed by atoms with Gasteiger partial charge in [0.25, 0.3) is 5.91 Å². The number of ether oxygens (including phenoxy) is 1. The minimum atomic E-state index is -4.73. The normalized spacial score (nSPS) is 11.4. The predicted octanol–water partition coefficient (Wildman–Crippen LogP) is 2.27. The van der Waals surface area contributed by atoms with E-state index in [1.165, 1.54) is 16.7 Å². The Morgan fingerprint density at radius 1 is 1.09 bits per heavy atom. The number of aromatic nitrogens is 2. The van der Waals surface area contributed by atoms with Gasteiger partial charge in [0.05, 0.1) is 16.1 Å². The molecule has 1 aromatic heterocycles. The summed E-state index contributed by atoms with van der Waals surface area (Å²) in [5.41, 5.74) is 1.19. The molecule has 3 rings (SSSR count). The molecule has 0 radical (unpaired) electrons. The van der Waals surface area contributed by atoms with Gasteiger partial charge in [0, 0.05) is 17.6 Å². The first kappa shape index (κ1) is 22.9. The summed E-state index contributed by atoms with van der Waals surface area (Å²) in [6.45, 7) is 1.11.